The van der Waals surface area contributed by atoms with Crippen LogP contribution in [0.2, 0.25) is 0 Å². The topological polar surface area (TPSA) is 86.8 Å². The van der Waals surface area contributed by atoms with Crippen molar-refractivity contribution in [1.29, 1.82) is 0 Å². The number of piperidine rings is 1. The van der Waals surface area contributed by atoms with Crippen molar-refractivity contribution >= 4 is 34.4 Å². The Bertz CT molecular complexity index is 992. The molecule has 1 fully saturated rings. The van der Waals surface area contributed by atoms with E-state index >= 15 is 0 Å². The smallest absolute Gasteiger partial charge is 0.261 e. The summed E-state index contributed by atoms with van der Waals surface area (Å²) in [6, 6.07) is 10.3. The fourth-order valence-corrected chi connectivity index (χ4v) is 4.44. The highest BCUT2D eigenvalue weighted by Gasteiger charge is 2.32. The number of likely N-dealkylation sites (tertiary alicyclic amines) is 1. The molecule has 2 aromatic rings. The molecule has 1 N–H and O–H groups in total. The number of amides is 4. The summed E-state index contributed by atoms with van der Waals surface area (Å²) >= 11 is 0. The Labute approximate surface area is 181 Å². The minimum atomic E-state index is -0.576. The number of benzene rings is 2. The number of imide groups is 1. The number of carbonyl (C=O) groups excluding carboxylic acids is 4. The zero-order valence-electron chi connectivity index (χ0n) is 17.7. The standard InChI is InChI=1S/C24H27N3O4/c1-16(22(29)26-13-3-2-4-14-26)25-20(28)12-7-15-27-23(30)18-10-5-8-17-9-6-11-19(21(17)18)24(27)31/h5-6,8-11,16H,2-4,7,12-15H2,1H3,(H,25,28)/t16-/m1/s1. The van der Waals surface area contributed by atoms with Crippen molar-refractivity contribution in [3.05, 3.63) is 47.5 Å². The largest absolute Gasteiger partial charge is 0.345 e. The van der Waals surface area contributed by atoms with Crippen molar-refractivity contribution in [3.63, 3.8) is 0 Å². The minimum Gasteiger partial charge on any atom is -0.345 e. The number of carbonyl (C=O) groups is 4. The summed E-state index contributed by atoms with van der Waals surface area (Å²) < 4.78 is 0. The van der Waals surface area contributed by atoms with E-state index < -0.39 is 6.04 Å². The van der Waals surface area contributed by atoms with Gasteiger partial charge in [0.05, 0.1) is 0 Å². The van der Waals surface area contributed by atoms with E-state index in [2.05, 4.69) is 5.32 Å². The van der Waals surface area contributed by atoms with Crippen LogP contribution in [0.25, 0.3) is 10.8 Å². The Morgan fingerprint density at radius 2 is 1.58 bits per heavy atom. The first-order chi connectivity index (χ1) is 15.0. The van der Waals surface area contributed by atoms with Crippen LogP contribution in [0.5, 0.6) is 0 Å². The van der Waals surface area contributed by atoms with Crippen LogP contribution in [0.15, 0.2) is 36.4 Å². The van der Waals surface area contributed by atoms with Gasteiger partial charge in [0.15, 0.2) is 0 Å². The molecule has 0 spiro atoms. The van der Waals surface area contributed by atoms with Gasteiger partial charge in [0.1, 0.15) is 6.04 Å². The molecule has 2 aromatic carbocycles. The molecule has 7 nitrogen and oxygen atoms in total. The van der Waals surface area contributed by atoms with E-state index in [0.717, 1.165) is 37.7 Å². The average molecular weight is 421 g/mol. The SMILES string of the molecule is C[C@@H](NC(=O)CCCN1C(=O)c2cccc3cccc(c23)C1=O)C(=O)N1CCCCC1. The van der Waals surface area contributed by atoms with Crippen LogP contribution >= 0.6 is 0 Å². The number of nitrogens with one attached hydrogen (secondary N) is 1. The fourth-order valence-electron chi connectivity index (χ4n) is 4.44. The predicted octanol–water partition coefficient (Wildman–Crippen LogP) is 2.73. The third kappa shape index (κ3) is 4.17. The molecular weight excluding hydrogens is 394 g/mol. The first kappa shape index (κ1) is 21.0. The summed E-state index contributed by atoms with van der Waals surface area (Å²) in [6.45, 7) is 3.34. The summed E-state index contributed by atoms with van der Waals surface area (Å²) in [7, 11) is 0. The Kier molecular flexibility index (Phi) is 6.02. The highest BCUT2D eigenvalue weighted by molar-refractivity contribution is 6.25. The number of rotatable bonds is 6. The van der Waals surface area contributed by atoms with E-state index in [1.54, 1.807) is 24.0 Å². The summed E-state index contributed by atoms with van der Waals surface area (Å²) in [5.41, 5.74) is 1.02. The van der Waals surface area contributed by atoms with Gasteiger partial charge in [0.25, 0.3) is 11.8 Å². The van der Waals surface area contributed by atoms with Gasteiger partial charge in [0, 0.05) is 42.6 Å². The van der Waals surface area contributed by atoms with E-state index in [1.807, 2.05) is 24.3 Å². The molecule has 0 aliphatic carbocycles. The zero-order chi connectivity index (χ0) is 22.0. The Morgan fingerprint density at radius 3 is 2.19 bits per heavy atom. The third-order valence-electron chi connectivity index (χ3n) is 6.06. The highest BCUT2D eigenvalue weighted by atomic mass is 16.2. The molecule has 1 atom stereocenters. The van der Waals surface area contributed by atoms with Crippen LogP contribution < -0.4 is 5.32 Å². The van der Waals surface area contributed by atoms with Gasteiger partial charge < -0.3 is 10.2 Å². The van der Waals surface area contributed by atoms with Crippen LogP contribution in [-0.4, -0.2) is 59.1 Å². The van der Waals surface area contributed by atoms with Crippen molar-refractivity contribution < 1.29 is 19.2 Å². The van der Waals surface area contributed by atoms with Crippen LogP contribution in [0.4, 0.5) is 0 Å². The number of nitrogens with zero attached hydrogens (tertiary/aromatic N) is 2. The molecule has 162 valence electrons. The van der Waals surface area contributed by atoms with Crippen LogP contribution in [0.1, 0.15) is 59.7 Å². The minimum absolute atomic E-state index is 0.0564. The zero-order valence-corrected chi connectivity index (χ0v) is 17.7. The van der Waals surface area contributed by atoms with Crippen molar-refractivity contribution in [1.82, 2.24) is 15.1 Å². The summed E-state index contributed by atoms with van der Waals surface area (Å²) in [5.74, 6) is -0.969. The number of hydrogen-bond acceptors (Lipinski definition) is 4. The van der Waals surface area contributed by atoms with E-state index in [4.69, 9.17) is 0 Å². The second kappa shape index (κ2) is 8.88. The van der Waals surface area contributed by atoms with Crippen molar-refractivity contribution in [2.75, 3.05) is 19.6 Å². The van der Waals surface area contributed by atoms with Gasteiger partial charge in [-0.25, -0.2) is 0 Å². The normalized spacial score (nSPS) is 17.1. The van der Waals surface area contributed by atoms with Gasteiger partial charge in [-0.2, -0.15) is 0 Å². The molecule has 2 heterocycles. The summed E-state index contributed by atoms with van der Waals surface area (Å²) in [6.07, 6.45) is 3.62. The third-order valence-corrected chi connectivity index (χ3v) is 6.06. The molecule has 1 saturated heterocycles. The highest BCUT2D eigenvalue weighted by Crippen LogP contribution is 2.30. The lowest BCUT2D eigenvalue weighted by atomic mass is 9.94. The molecule has 4 rings (SSSR count). The van der Waals surface area contributed by atoms with Crippen molar-refractivity contribution in [2.45, 2.75) is 45.1 Å². The maximum Gasteiger partial charge on any atom is 0.261 e. The summed E-state index contributed by atoms with van der Waals surface area (Å²) in [5, 5.41) is 4.31. The Balaban J connectivity index is 1.33. The quantitative estimate of drug-likeness (QED) is 0.727. The van der Waals surface area contributed by atoms with E-state index in [1.165, 1.54) is 4.90 Å². The van der Waals surface area contributed by atoms with Gasteiger partial charge in [-0.1, -0.05) is 24.3 Å². The molecule has 0 unspecified atom stereocenters. The molecule has 0 radical (unpaired) electrons. The van der Waals surface area contributed by atoms with Crippen LogP contribution in [0, 0.1) is 0 Å². The molecule has 0 bridgehead atoms. The van der Waals surface area contributed by atoms with E-state index in [0.29, 0.717) is 22.9 Å². The molecule has 31 heavy (non-hydrogen) atoms. The molecule has 2 aliphatic heterocycles. The van der Waals surface area contributed by atoms with Gasteiger partial charge in [-0.05, 0) is 50.1 Å². The monoisotopic (exact) mass is 421 g/mol. The molecular formula is C24H27N3O4. The first-order valence-corrected chi connectivity index (χ1v) is 10.9. The maximum absolute atomic E-state index is 12.9. The predicted molar refractivity (Wildman–Crippen MR) is 117 cm³/mol. The van der Waals surface area contributed by atoms with Gasteiger partial charge in [0.2, 0.25) is 11.8 Å². The summed E-state index contributed by atoms with van der Waals surface area (Å²) in [4.78, 5) is 53.6. The average Bonchev–Trinajstić information content (AvgIpc) is 2.79. The van der Waals surface area contributed by atoms with Gasteiger partial charge in [-0.15, -0.1) is 0 Å². The Morgan fingerprint density at radius 1 is 0.968 bits per heavy atom. The van der Waals surface area contributed by atoms with Crippen molar-refractivity contribution in [3.8, 4) is 0 Å². The molecule has 0 saturated carbocycles. The van der Waals surface area contributed by atoms with E-state index in [9.17, 15) is 19.2 Å². The molecule has 0 aromatic heterocycles. The molecule has 7 heteroatoms. The lowest BCUT2D eigenvalue weighted by Crippen LogP contribution is -2.48. The second-order valence-corrected chi connectivity index (χ2v) is 8.25. The van der Waals surface area contributed by atoms with Crippen molar-refractivity contribution in [2.24, 2.45) is 0 Å². The lowest BCUT2D eigenvalue weighted by Gasteiger charge is -2.29. The van der Waals surface area contributed by atoms with Crippen LogP contribution in [-0.2, 0) is 9.59 Å². The number of hydrogen-bond donors (Lipinski definition) is 1. The van der Waals surface area contributed by atoms with Crippen LogP contribution in [0.3, 0.4) is 0 Å². The fraction of sp³-hybridized carbons (Fsp3) is 0.417. The lowest BCUT2D eigenvalue weighted by molar-refractivity contribution is -0.136. The molecule has 4 amide bonds. The van der Waals surface area contributed by atoms with Gasteiger partial charge >= 0.3 is 0 Å². The molecule has 2 aliphatic rings. The first-order valence-electron chi connectivity index (χ1n) is 10.9. The van der Waals surface area contributed by atoms with Gasteiger partial charge in [-0.3, -0.25) is 24.1 Å². The second-order valence-electron chi connectivity index (χ2n) is 8.25. The Hall–Kier alpha value is -3.22. The van der Waals surface area contributed by atoms with E-state index in [-0.39, 0.29) is 36.6 Å². The maximum atomic E-state index is 12.9.